The lowest BCUT2D eigenvalue weighted by atomic mass is 10.2. The molecule has 0 fully saturated rings. The number of hydrogen-bond donors (Lipinski definition) is 1. The van der Waals surface area contributed by atoms with Crippen LogP contribution in [0.1, 0.15) is 0 Å². The molecule has 17 heavy (non-hydrogen) atoms. The molecule has 3 rings (SSSR count). The molecule has 2 heterocycles. The Morgan fingerprint density at radius 2 is 1.76 bits per heavy atom. The minimum Gasteiger partial charge on any atom is -0.384 e. The summed E-state index contributed by atoms with van der Waals surface area (Å²) in [6, 6.07) is 13.5. The smallest absolute Gasteiger partial charge is 0.180 e. The van der Waals surface area contributed by atoms with Crippen LogP contribution in [0.15, 0.2) is 48.7 Å². The van der Waals surface area contributed by atoms with Crippen molar-refractivity contribution < 1.29 is 0 Å². The third-order valence-corrected chi connectivity index (χ3v) is 2.50. The van der Waals surface area contributed by atoms with Crippen molar-refractivity contribution in [2.75, 3.05) is 5.73 Å². The normalized spacial score (nSPS) is 10.6. The van der Waals surface area contributed by atoms with E-state index >= 15 is 0 Å². The first-order valence-electron chi connectivity index (χ1n) is 5.27. The lowest BCUT2D eigenvalue weighted by Crippen LogP contribution is -1.96. The predicted octanol–water partition coefficient (Wildman–Crippen LogP) is 2.27. The molecule has 2 N–H and O–H groups in total. The Labute approximate surface area is 98.2 Å². The van der Waals surface area contributed by atoms with Crippen LogP contribution in [0.4, 0.5) is 5.82 Å². The predicted molar refractivity (Wildman–Crippen MR) is 67.2 cm³/mol. The van der Waals surface area contributed by atoms with E-state index in [1.54, 1.807) is 12.3 Å². The van der Waals surface area contributed by atoms with Gasteiger partial charge in [0.1, 0.15) is 11.5 Å². The van der Waals surface area contributed by atoms with Gasteiger partial charge < -0.3 is 5.73 Å². The second-order valence-corrected chi connectivity index (χ2v) is 3.69. The van der Waals surface area contributed by atoms with Gasteiger partial charge in [0.15, 0.2) is 5.82 Å². The quantitative estimate of drug-likeness (QED) is 0.686. The van der Waals surface area contributed by atoms with Crippen LogP contribution in [0.3, 0.4) is 0 Å². The minimum absolute atomic E-state index is 0.449. The van der Waals surface area contributed by atoms with E-state index in [1.807, 2.05) is 36.4 Å². The number of rotatable bonds is 1. The Hall–Kier alpha value is -2.49. The Morgan fingerprint density at radius 1 is 0.882 bits per heavy atom. The number of nitrogens with zero attached hydrogens (tertiary/aromatic N) is 3. The maximum absolute atomic E-state index is 5.63. The van der Waals surface area contributed by atoms with Gasteiger partial charge in [-0.15, -0.1) is 0 Å². The molecule has 1 aromatic carbocycles. The van der Waals surface area contributed by atoms with Crippen molar-refractivity contribution in [2.24, 2.45) is 0 Å². The fourth-order valence-electron chi connectivity index (χ4n) is 1.69. The van der Waals surface area contributed by atoms with Crippen LogP contribution in [0.25, 0.3) is 22.4 Å². The van der Waals surface area contributed by atoms with Crippen LogP contribution >= 0.6 is 0 Å². The van der Waals surface area contributed by atoms with Crippen molar-refractivity contribution in [1.82, 2.24) is 15.0 Å². The lowest BCUT2D eigenvalue weighted by Gasteiger charge is -2.02. The highest BCUT2D eigenvalue weighted by Crippen LogP contribution is 2.17. The fourth-order valence-corrected chi connectivity index (χ4v) is 1.69. The summed E-state index contributed by atoms with van der Waals surface area (Å²) >= 11 is 0. The van der Waals surface area contributed by atoms with Gasteiger partial charge >= 0.3 is 0 Å². The molecule has 3 aromatic rings. The minimum atomic E-state index is 0.449. The summed E-state index contributed by atoms with van der Waals surface area (Å²) in [4.78, 5) is 12.8. The van der Waals surface area contributed by atoms with Crippen molar-refractivity contribution in [3.63, 3.8) is 0 Å². The molecule has 0 unspecified atom stereocenters. The van der Waals surface area contributed by atoms with Crippen molar-refractivity contribution in [2.45, 2.75) is 0 Å². The highest BCUT2D eigenvalue weighted by atomic mass is 15.0. The van der Waals surface area contributed by atoms with Crippen LogP contribution in [0, 0.1) is 0 Å². The summed E-state index contributed by atoms with van der Waals surface area (Å²) in [5, 5.41) is 1.10. The summed E-state index contributed by atoms with van der Waals surface area (Å²) < 4.78 is 0. The van der Waals surface area contributed by atoms with E-state index in [4.69, 9.17) is 5.73 Å². The molecule has 0 saturated heterocycles. The van der Waals surface area contributed by atoms with E-state index in [1.165, 1.54) is 0 Å². The highest BCUT2D eigenvalue weighted by Gasteiger charge is 2.03. The Balaban J connectivity index is 2.18. The summed E-state index contributed by atoms with van der Waals surface area (Å²) in [5.41, 5.74) is 7.29. The lowest BCUT2D eigenvalue weighted by molar-refractivity contribution is 1.16. The van der Waals surface area contributed by atoms with E-state index in [-0.39, 0.29) is 0 Å². The maximum atomic E-state index is 5.63. The number of benzene rings is 1. The van der Waals surface area contributed by atoms with Crippen molar-refractivity contribution in [1.29, 1.82) is 0 Å². The number of para-hydroxylation sites is 1. The van der Waals surface area contributed by atoms with Gasteiger partial charge in [-0.3, -0.25) is 0 Å². The number of pyridine rings is 1. The van der Waals surface area contributed by atoms with E-state index in [2.05, 4.69) is 15.0 Å². The van der Waals surface area contributed by atoms with Crippen LogP contribution in [-0.2, 0) is 0 Å². The third kappa shape index (κ3) is 1.80. The van der Waals surface area contributed by atoms with Crippen LogP contribution < -0.4 is 5.73 Å². The molecule has 0 aliphatic carbocycles. The summed E-state index contributed by atoms with van der Waals surface area (Å²) in [6.45, 7) is 0. The standard InChI is InChI=1S/C13H10N4/c14-12-7-8-15-13(17-12)11-6-5-9-3-1-2-4-10(9)16-11/h1-8H,(H2,14,15,17). The molecule has 2 aromatic heterocycles. The first-order chi connectivity index (χ1) is 8.33. The van der Waals surface area contributed by atoms with Crippen LogP contribution in [0.5, 0.6) is 0 Å². The van der Waals surface area contributed by atoms with E-state index in [0.717, 1.165) is 16.6 Å². The number of fused-ring (bicyclic) bond motifs is 1. The molecule has 0 spiro atoms. The number of hydrogen-bond acceptors (Lipinski definition) is 4. The Morgan fingerprint density at radius 3 is 2.65 bits per heavy atom. The first kappa shape index (κ1) is 9.72. The molecule has 4 heteroatoms. The highest BCUT2D eigenvalue weighted by molar-refractivity contribution is 5.80. The summed E-state index contributed by atoms with van der Waals surface area (Å²) in [7, 11) is 0. The molecule has 4 nitrogen and oxygen atoms in total. The van der Waals surface area contributed by atoms with Crippen molar-refractivity contribution in [3.8, 4) is 11.5 Å². The van der Waals surface area contributed by atoms with Crippen molar-refractivity contribution in [3.05, 3.63) is 48.7 Å². The molecule has 0 radical (unpaired) electrons. The summed E-state index contributed by atoms with van der Waals surface area (Å²) in [6.07, 6.45) is 1.63. The number of anilines is 1. The van der Waals surface area contributed by atoms with Gasteiger partial charge in [0.25, 0.3) is 0 Å². The zero-order valence-corrected chi connectivity index (χ0v) is 9.04. The molecule has 0 bridgehead atoms. The van der Waals surface area contributed by atoms with Crippen molar-refractivity contribution >= 4 is 16.7 Å². The second kappa shape index (κ2) is 3.83. The largest absolute Gasteiger partial charge is 0.384 e. The van der Waals surface area contributed by atoms with Gasteiger partial charge in [-0.25, -0.2) is 15.0 Å². The average molecular weight is 222 g/mol. The van der Waals surface area contributed by atoms with Gasteiger partial charge in [-0.2, -0.15) is 0 Å². The topological polar surface area (TPSA) is 64.7 Å². The number of nitrogen functional groups attached to an aromatic ring is 1. The average Bonchev–Trinajstić information content (AvgIpc) is 2.38. The zero-order chi connectivity index (χ0) is 11.7. The van der Waals surface area contributed by atoms with Gasteiger partial charge in [-0.1, -0.05) is 24.3 Å². The van der Waals surface area contributed by atoms with Crippen LogP contribution in [-0.4, -0.2) is 15.0 Å². The first-order valence-corrected chi connectivity index (χ1v) is 5.27. The molecule has 82 valence electrons. The monoisotopic (exact) mass is 222 g/mol. The third-order valence-electron chi connectivity index (χ3n) is 2.50. The summed E-state index contributed by atoms with van der Waals surface area (Å²) in [5.74, 6) is 1.00. The molecule has 0 amide bonds. The number of aromatic nitrogens is 3. The molecular weight excluding hydrogens is 212 g/mol. The molecule has 0 aliphatic heterocycles. The van der Waals surface area contributed by atoms with Gasteiger partial charge in [0, 0.05) is 11.6 Å². The molecule has 0 aliphatic rings. The van der Waals surface area contributed by atoms with Gasteiger partial charge in [-0.05, 0) is 18.2 Å². The molecule has 0 atom stereocenters. The Kier molecular flexibility index (Phi) is 2.19. The second-order valence-electron chi connectivity index (χ2n) is 3.69. The zero-order valence-electron chi connectivity index (χ0n) is 9.04. The van der Waals surface area contributed by atoms with Crippen LogP contribution in [0.2, 0.25) is 0 Å². The van der Waals surface area contributed by atoms with E-state index in [0.29, 0.717) is 11.6 Å². The number of nitrogens with two attached hydrogens (primary N) is 1. The molecule has 0 saturated carbocycles. The van der Waals surface area contributed by atoms with Gasteiger partial charge in [0.05, 0.1) is 5.52 Å². The van der Waals surface area contributed by atoms with E-state index in [9.17, 15) is 0 Å². The van der Waals surface area contributed by atoms with E-state index < -0.39 is 0 Å². The fraction of sp³-hybridized carbons (Fsp3) is 0. The van der Waals surface area contributed by atoms with Gasteiger partial charge in [0.2, 0.25) is 0 Å². The SMILES string of the molecule is Nc1ccnc(-c2ccc3ccccc3n2)n1. The molecular formula is C13H10N4. The maximum Gasteiger partial charge on any atom is 0.180 e. The Bertz CT molecular complexity index is 679.